The predicted octanol–water partition coefficient (Wildman–Crippen LogP) is 3.09. The van der Waals surface area contributed by atoms with Crippen molar-refractivity contribution in [2.45, 2.75) is 63.8 Å². The van der Waals surface area contributed by atoms with Crippen molar-refractivity contribution in [3.8, 4) is 0 Å². The Morgan fingerprint density at radius 2 is 1.81 bits per heavy atom. The largest absolute Gasteiger partial charge is 0.481 e. The molecule has 0 bridgehead atoms. The van der Waals surface area contributed by atoms with Crippen molar-refractivity contribution in [2.24, 2.45) is 5.41 Å². The van der Waals surface area contributed by atoms with E-state index in [1.807, 2.05) is 30.3 Å². The Labute approximate surface area is 161 Å². The lowest BCUT2D eigenvalue weighted by molar-refractivity contribution is -0.137. The number of aliphatic hydroxyl groups is 1. The first-order valence-electron chi connectivity index (χ1n) is 9.94. The summed E-state index contributed by atoms with van der Waals surface area (Å²) in [5.74, 6) is -0.862. The summed E-state index contributed by atoms with van der Waals surface area (Å²) in [6.07, 6.45) is 7.26. The minimum absolute atomic E-state index is 0.0136. The minimum Gasteiger partial charge on any atom is -0.481 e. The number of urea groups is 1. The van der Waals surface area contributed by atoms with Crippen LogP contribution in [0, 0.1) is 5.41 Å². The van der Waals surface area contributed by atoms with E-state index < -0.39 is 5.97 Å². The highest BCUT2D eigenvalue weighted by molar-refractivity contribution is 5.74. The number of aliphatic hydroxyl groups excluding tert-OH is 1. The van der Waals surface area contributed by atoms with E-state index >= 15 is 0 Å². The van der Waals surface area contributed by atoms with Gasteiger partial charge in [0.15, 0.2) is 0 Å². The lowest BCUT2D eigenvalue weighted by atomic mass is 9.72. The van der Waals surface area contributed by atoms with Gasteiger partial charge in [-0.05, 0) is 43.1 Å². The van der Waals surface area contributed by atoms with Crippen molar-refractivity contribution in [1.82, 2.24) is 10.6 Å². The van der Waals surface area contributed by atoms with Gasteiger partial charge in [-0.25, -0.2) is 4.79 Å². The van der Waals surface area contributed by atoms with Gasteiger partial charge >= 0.3 is 12.0 Å². The Balaban J connectivity index is 1.90. The molecule has 0 heterocycles. The van der Waals surface area contributed by atoms with E-state index in [9.17, 15) is 14.7 Å². The van der Waals surface area contributed by atoms with Crippen LogP contribution >= 0.6 is 0 Å². The van der Waals surface area contributed by atoms with Gasteiger partial charge in [-0.2, -0.15) is 0 Å². The van der Waals surface area contributed by atoms with E-state index in [1.54, 1.807) is 0 Å². The molecule has 0 aromatic heterocycles. The lowest BCUT2D eigenvalue weighted by Gasteiger charge is -2.37. The van der Waals surface area contributed by atoms with Crippen molar-refractivity contribution in [3.05, 3.63) is 35.9 Å². The quantitative estimate of drug-likeness (QED) is 0.504. The summed E-state index contributed by atoms with van der Waals surface area (Å²) in [5.41, 5.74) is 1.05. The topological polar surface area (TPSA) is 98.7 Å². The standard InChI is InChI=1S/C21H32N2O4/c24-14-13-21(11-5-2-6-12-21)16-22-20(27)23-18(9-10-19(25)26)15-17-7-3-1-4-8-17/h1,3-4,7-8,18,24H,2,5-6,9-16H2,(H,25,26)(H2,22,23,27). The molecule has 27 heavy (non-hydrogen) atoms. The van der Waals surface area contributed by atoms with Crippen molar-refractivity contribution in [2.75, 3.05) is 13.2 Å². The van der Waals surface area contributed by atoms with Crippen LogP contribution in [0.1, 0.15) is 56.9 Å². The number of aliphatic carboxylic acids is 1. The highest BCUT2D eigenvalue weighted by atomic mass is 16.4. The molecule has 0 spiro atoms. The molecule has 1 unspecified atom stereocenters. The minimum atomic E-state index is -0.862. The fourth-order valence-electron chi connectivity index (χ4n) is 3.98. The molecule has 6 heteroatoms. The van der Waals surface area contributed by atoms with E-state index in [2.05, 4.69) is 10.6 Å². The lowest BCUT2D eigenvalue weighted by Crippen LogP contribution is -2.47. The van der Waals surface area contributed by atoms with Gasteiger partial charge in [0, 0.05) is 25.6 Å². The maximum atomic E-state index is 12.4. The van der Waals surface area contributed by atoms with E-state index in [-0.39, 0.29) is 30.5 Å². The summed E-state index contributed by atoms with van der Waals surface area (Å²) in [5, 5.41) is 24.3. The molecule has 1 aromatic rings. The number of amides is 2. The first-order valence-corrected chi connectivity index (χ1v) is 9.94. The van der Waals surface area contributed by atoms with Crippen LogP contribution in [0.4, 0.5) is 4.79 Å². The molecule has 1 fully saturated rings. The van der Waals surface area contributed by atoms with Crippen LogP contribution in [0.25, 0.3) is 0 Å². The summed E-state index contributed by atoms with van der Waals surface area (Å²) in [7, 11) is 0. The summed E-state index contributed by atoms with van der Waals surface area (Å²) in [6, 6.07) is 9.27. The Morgan fingerprint density at radius 3 is 2.44 bits per heavy atom. The Kier molecular flexibility index (Phi) is 8.58. The summed E-state index contributed by atoms with van der Waals surface area (Å²) < 4.78 is 0. The van der Waals surface area contributed by atoms with Crippen molar-refractivity contribution in [3.63, 3.8) is 0 Å². The maximum absolute atomic E-state index is 12.4. The van der Waals surface area contributed by atoms with Crippen LogP contribution in [0.15, 0.2) is 30.3 Å². The predicted molar refractivity (Wildman–Crippen MR) is 105 cm³/mol. The highest BCUT2D eigenvalue weighted by Gasteiger charge is 2.32. The van der Waals surface area contributed by atoms with Crippen LogP contribution in [-0.4, -0.2) is 41.4 Å². The van der Waals surface area contributed by atoms with Crippen molar-refractivity contribution >= 4 is 12.0 Å². The highest BCUT2D eigenvalue weighted by Crippen LogP contribution is 2.38. The van der Waals surface area contributed by atoms with E-state index in [0.29, 0.717) is 25.8 Å². The van der Waals surface area contributed by atoms with Gasteiger partial charge in [0.1, 0.15) is 0 Å². The molecule has 0 saturated heterocycles. The SMILES string of the molecule is O=C(O)CCC(Cc1ccccc1)NC(=O)NCC1(CCO)CCCCC1. The second-order valence-electron chi connectivity index (χ2n) is 7.68. The van der Waals surface area contributed by atoms with Crippen LogP contribution in [0.3, 0.4) is 0 Å². The zero-order valence-corrected chi connectivity index (χ0v) is 16.0. The van der Waals surface area contributed by atoms with Gasteiger partial charge in [-0.15, -0.1) is 0 Å². The van der Waals surface area contributed by atoms with Gasteiger partial charge < -0.3 is 20.8 Å². The number of nitrogens with one attached hydrogen (secondary N) is 2. The monoisotopic (exact) mass is 376 g/mol. The molecule has 6 nitrogen and oxygen atoms in total. The summed E-state index contributed by atoms with van der Waals surface area (Å²) >= 11 is 0. The molecule has 150 valence electrons. The average molecular weight is 376 g/mol. The molecule has 0 radical (unpaired) electrons. The van der Waals surface area contributed by atoms with Crippen LogP contribution in [0.5, 0.6) is 0 Å². The molecule has 1 aliphatic rings. The normalized spacial score (nSPS) is 17.1. The molecular formula is C21H32N2O4. The maximum Gasteiger partial charge on any atom is 0.315 e. The number of rotatable bonds is 10. The number of hydrogen-bond acceptors (Lipinski definition) is 3. The fourth-order valence-corrected chi connectivity index (χ4v) is 3.98. The molecule has 1 aliphatic carbocycles. The van der Waals surface area contributed by atoms with Gasteiger partial charge in [0.05, 0.1) is 0 Å². The van der Waals surface area contributed by atoms with Crippen molar-refractivity contribution < 1.29 is 19.8 Å². The number of benzene rings is 1. The molecular weight excluding hydrogens is 344 g/mol. The zero-order chi connectivity index (χ0) is 19.5. The Bertz CT molecular complexity index is 580. The fraction of sp³-hybridized carbons (Fsp3) is 0.619. The molecule has 2 rings (SSSR count). The number of carboxylic acid groups (broad SMARTS) is 1. The summed E-state index contributed by atoms with van der Waals surface area (Å²) in [6.45, 7) is 0.689. The van der Waals surface area contributed by atoms with Crippen LogP contribution in [-0.2, 0) is 11.2 Å². The number of hydrogen-bond donors (Lipinski definition) is 4. The second kappa shape index (κ2) is 10.9. The van der Waals surface area contributed by atoms with Gasteiger partial charge in [-0.3, -0.25) is 4.79 Å². The molecule has 1 aromatic carbocycles. The molecule has 2 amide bonds. The molecule has 0 aliphatic heterocycles. The zero-order valence-electron chi connectivity index (χ0n) is 16.0. The van der Waals surface area contributed by atoms with Crippen LogP contribution in [0.2, 0.25) is 0 Å². The van der Waals surface area contributed by atoms with E-state index in [4.69, 9.17) is 5.11 Å². The molecule has 1 saturated carbocycles. The third-order valence-electron chi connectivity index (χ3n) is 5.55. The first-order chi connectivity index (χ1) is 13.0. The third-order valence-corrected chi connectivity index (χ3v) is 5.55. The van der Waals surface area contributed by atoms with Crippen LogP contribution < -0.4 is 10.6 Å². The number of carbonyl (C=O) groups is 2. The van der Waals surface area contributed by atoms with Gasteiger partial charge in [0.2, 0.25) is 0 Å². The first kappa shape index (κ1) is 21.2. The summed E-state index contributed by atoms with van der Waals surface area (Å²) in [4.78, 5) is 23.4. The Hall–Kier alpha value is -2.08. The van der Waals surface area contributed by atoms with Gasteiger partial charge in [0.25, 0.3) is 0 Å². The molecule has 1 atom stereocenters. The van der Waals surface area contributed by atoms with E-state index in [1.165, 1.54) is 6.42 Å². The van der Waals surface area contributed by atoms with E-state index in [0.717, 1.165) is 31.2 Å². The number of carbonyl (C=O) groups excluding carboxylic acids is 1. The van der Waals surface area contributed by atoms with Crippen molar-refractivity contribution in [1.29, 1.82) is 0 Å². The molecule has 4 N–H and O–H groups in total. The van der Waals surface area contributed by atoms with Gasteiger partial charge in [-0.1, -0.05) is 49.6 Å². The second-order valence-corrected chi connectivity index (χ2v) is 7.68. The number of carboxylic acids is 1. The Morgan fingerprint density at radius 1 is 1.11 bits per heavy atom. The third kappa shape index (κ3) is 7.59. The average Bonchev–Trinajstić information content (AvgIpc) is 2.66. The smallest absolute Gasteiger partial charge is 0.315 e.